The average molecular weight is 403 g/mol. The van der Waals surface area contributed by atoms with Crippen molar-refractivity contribution in [1.82, 2.24) is 14.7 Å². The summed E-state index contributed by atoms with van der Waals surface area (Å²) in [5.74, 6) is -1.01. The molecule has 156 valence electrons. The Hall–Kier alpha value is -2.58. The molecular formula is C21H26FN3O4. The lowest BCUT2D eigenvalue weighted by atomic mass is 10.0. The molecule has 3 rings (SSSR count). The van der Waals surface area contributed by atoms with Crippen LogP contribution in [0.5, 0.6) is 5.75 Å². The molecule has 1 saturated heterocycles. The quantitative estimate of drug-likeness (QED) is 0.470. The average Bonchev–Trinajstić information content (AvgIpc) is 3.09. The summed E-state index contributed by atoms with van der Waals surface area (Å²) in [4.78, 5) is 25.9. The van der Waals surface area contributed by atoms with Crippen molar-refractivity contribution >= 4 is 11.6 Å². The second-order valence-electron chi connectivity index (χ2n) is 7.10. The summed E-state index contributed by atoms with van der Waals surface area (Å²) in [6.45, 7) is 5.67. The van der Waals surface area contributed by atoms with Crippen LogP contribution in [0.4, 0.5) is 4.39 Å². The van der Waals surface area contributed by atoms with Crippen LogP contribution in [0.15, 0.2) is 30.5 Å². The number of rotatable bonds is 9. The number of carbonyl (C=O) groups is 2. The van der Waals surface area contributed by atoms with E-state index in [4.69, 9.17) is 9.47 Å². The predicted octanol–water partition coefficient (Wildman–Crippen LogP) is 1.83. The van der Waals surface area contributed by atoms with Crippen LogP contribution in [-0.2, 0) is 23.0 Å². The highest BCUT2D eigenvalue weighted by Gasteiger charge is 2.28. The topological polar surface area (TPSA) is 73.7 Å². The predicted molar refractivity (Wildman–Crippen MR) is 105 cm³/mol. The number of nitrogens with zero attached hydrogens (tertiary/aromatic N) is 3. The van der Waals surface area contributed by atoms with E-state index in [1.54, 1.807) is 13.2 Å². The molecular weight excluding hydrogens is 377 g/mol. The molecule has 0 N–H and O–H groups in total. The van der Waals surface area contributed by atoms with E-state index in [1.165, 1.54) is 4.68 Å². The molecule has 8 heteroatoms. The van der Waals surface area contributed by atoms with E-state index in [-0.39, 0.29) is 5.69 Å². The van der Waals surface area contributed by atoms with Crippen molar-refractivity contribution in [2.24, 2.45) is 7.05 Å². The lowest BCUT2D eigenvalue weighted by Gasteiger charge is -2.26. The number of benzene rings is 1. The smallest absolute Gasteiger partial charge is 0.225 e. The minimum atomic E-state index is -2.19. The van der Waals surface area contributed by atoms with Crippen LogP contribution in [0.3, 0.4) is 0 Å². The standard InChI is InChI=1S/C21H26FN3O4/c1-15(26)19(22)21(27)20-17(14-24(2)23-20)13-16-5-3-4-6-18(16)29-12-9-25-7-10-28-11-8-25/h3-6,14,19H,7-13H2,1-2H3. The summed E-state index contributed by atoms with van der Waals surface area (Å²) in [6, 6.07) is 7.55. The van der Waals surface area contributed by atoms with Gasteiger partial charge in [0, 0.05) is 44.9 Å². The van der Waals surface area contributed by atoms with Gasteiger partial charge >= 0.3 is 0 Å². The number of Topliss-reactive ketones (excluding diaryl/α,β-unsaturated/α-hetero) is 2. The molecule has 1 aliphatic rings. The Morgan fingerprint density at radius 1 is 1.24 bits per heavy atom. The van der Waals surface area contributed by atoms with Crippen LogP contribution in [0.25, 0.3) is 0 Å². The first-order chi connectivity index (χ1) is 14.0. The second kappa shape index (κ2) is 9.76. The van der Waals surface area contributed by atoms with Gasteiger partial charge in [-0.25, -0.2) is 4.39 Å². The molecule has 0 radical (unpaired) electrons. The number of ether oxygens (including phenoxy) is 2. The fourth-order valence-electron chi connectivity index (χ4n) is 3.28. The van der Waals surface area contributed by atoms with Crippen LogP contribution >= 0.6 is 0 Å². The first kappa shape index (κ1) is 21.1. The number of ketones is 2. The molecule has 29 heavy (non-hydrogen) atoms. The van der Waals surface area contributed by atoms with Crippen molar-refractivity contribution in [2.75, 3.05) is 39.5 Å². The SMILES string of the molecule is CC(=O)C(F)C(=O)c1nn(C)cc1Cc1ccccc1OCCN1CCOCC1. The second-order valence-corrected chi connectivity index (χ2v) is 7.10. The number of alkyl halides is 1. The molecule has 1 aromatic carbocycles. The Balaban J connectivity index is 1.71. The zero-order valence-corrected chi connectivity index (χ0v) is 16.8. The third-order valence-electron chi connectivity index (χ3n) is 4.85. The summed E-state index contributed by atoms with van der Waals surface area (Å²) < 4.78 is 26.8. The molecule has 1 aromatic heterocycles. The summed E-state index contributed by atoms with van der Waals surface area (Å²) in [5.41, 5.74) is 1.42. The van der Waals surface area contributed by atoms with E-state index in [0.717, 1.165) is 45.3 Å². The third-order valence-corrected chi connectivity index (χ3v) is 4.85. The van der Waals surface area contributed by atoms with Gasteiger partial charge in [0.15, 0.2) is 5.78 Å². The molecule has 0 saturated carbocycles. The Morgan fingerprint density at radius 2 is 1.97 bits per heavy atom. The van der Waals surface area contributed by atoms with Crippen molar-refractivity contribution < 1.29 is 23.5 Å². The van der Waals surface area contributed by atoms with Gasteiger partial charge in [-0.1, -0.05) is 18.2 Å². The molecule has 2 aromatic rings. The Labute approximate surface area is 169 Å². The highest BCUT2D eigenvalue weighted by Crippen LogP contribution is 2.24. The monoisotopic (exact) mass is 403 g/mol. The molecule has 0 aliphatic carbocycles. The van der Waals surface area contributed by atoms with Gasteiger partial charge in [-0.05, 0) is 18.6 Å². The number of hydrogen-bond donors (Lipinski definition) is 0. The van der Waals surface area contributed by atoms with Gasteiger partial charge in [0.25, 0.3) is 0 Å². The highest BCUT2D eigenvalue weighted by molar-refractivity contribution is 6.12. The zero-order chi connectivity index (χ0) is 20.8. The third kappa shape index (κ3) is 5.48. The Bertz CT molecular complexity index is 861. The first-order valence-corrected chi connectivity index (χ1v) is 9.67. The van der Waals surface area contributed by atoms with Crippen molar-refractivity contribution in [1.29, 1.82) is 0 Å². The molecule has 1 fully saturated rings. The van der Waals surface area contributed by atoms with Crippen LogP contribution in [-0.4, -0.2) is 71.9 Å². The summed E-state index contributed by atoms with van der Waals surface area (Å²) in [6.07, 6.45) is -0.165. The van der Waals surface area contributed by atoms with Gasteiger partial charge in [-0.3, -0.25) is 19.2 Å². The maximum absolute atomic E-state index is 14.0. The van der Waals surface area contributed by atoms with E-state index in [9.17, 15) is 14.0 Å². The van der Waals surface area contributed by atoms with Crippen LogP contribution in [0, 0.1) is 0 Å². The Morgan fingerprint density at radius 3 is 2.69 bits per heavy atom. The molecule has 0 bridgehead atoms. The molecule has 1 atom stereocenters. The molecule has 1 unspecified atom stereocenters. The van der Waals surface area contributed by atoms with E-state index in [0.29, 0.717) is 24.3 Å². The van der Waals surface area contributed by atoms with Crippen LogP contribution < -0.4 is 4.74 Å². The molecule has 0 spiro atoms. The van der Waals surface area contributed by atoms with Crippen LogP contribution in [0.2, 0.25) is 0 Å². The summed E-state index contributed by atoms with van der Waals surface area (Å²) in [7, 11) is 1.66. The van der Waals surface area contributed by atoms with Crippen LogP contribution in [0.1, 0.15) is 28.5 Å². The maximum Gasteiger partial charge on any atom is 0.225 e. The highest BCUT2D eigenvalue weighted by atomic mass is 19.1. The number of carbonyl (C=O) groups excluding carboxylic acids is 2. The minimum Gasteiger partial charge on any atom is -0.492 e. The number of aromatic nitrogens is 2. The lowest BCUT2D eigenvalue weighted by molar-refractivity contribution is -0.120. The lowest BCUT2D eigenvalue weighted by Crippen LogP contribution is -2.38. The van der Waals surface area contributed by atoms with Gasteiger partial charge in [-0.15, -0.1) is 0 Å². The van der Waals surface area contributed by atoms with E-state index in [1.807, 2.05) is 24.3 Å². The van der Waals surface area contributed by atoms with E-state index < -0.39 is 17.7 Å². The number of hydrogen-bond acceptors (Lipinski definition) is 6. The number of para-hydroxylation sites is 1. The van der Waals surface area contributed by atoms with Crippen molar-refractivity contribution in [2.45, 2.75) is 19.5 Å². The zero-order valence-electron chi connectivity index (χ0n) is 16.8. The van der Waals surface area contributed by atoms with Gasteiger partial charge in [0.05, 0.1) is 13.2 Å². The van der Waals surface area contributed by atoms with Gasteiger partial charge in [0.2, 0.25) is 12.0 Å². The maximum atomic E-state index is 14.0. The van der Waals surface area contributed by atoms with Crippen molar-refractivity contribution in [3.05, 3.63) is 47.3 Å². The number of morpholine rings is 1. The van der Waals surface area contributed by atoms with Gasteiger partial charge in [-0.2, -0.15) is 5.10 Å². The fourth-order valence-corrected chi connectivity index (χ4v) is 3.28. The number of aryl methyl sites for hydroxylation is 1. The Kier molecular flexibility index (Phi) is 7.11. The molecule has 0 amide bonds. The van der Waals surface area contributed by atoms with E-state index in [2.05, 4.69) is 10.00 Å². The molecule has 7 nitrogen and oxygen atoms in total. The summed E-state index contributed by atoms with van der Waals surface area (Å²) in [5, 5.41) is 4.08. The molecule has 2 heterocycles. The summed E-state index contributed by atoms with van der Waals surface area (Å²) >= 11 is 0. The van der Waals surface area contributed by atoms with Crippen molar-refractivity contribution in [3.8, 4) is 5.75 Å². The van der Waals surface area contributed by atoms with Gasteiger partial charge in [0.1, 0.15) is 18.1 Å². The van der Waals surface area contributed by atoms with Crippen molar-refractivity contribution in [3.63, 3.8) is 0 Å². The molecule has 1 aliphatic heterocycles. The van der Waals surface area contributed by atoms with E-state index >= 15 is 0 Å². The first-order valence-electron chi connectivity index (χ1n) is 9.67. The minimum absolute atomic E-state index is 0.0154. The largest absolute Gasteiger partial charge is 0.492 e. The number of halogens is 1. The fraction of sp³-hybridized carbons (Fsp3) is 0.476. The van der Waals surface area contributed by atoms with Gasteiger partial charge < -0.3 is 9.47 Å². The normalized spacial score (nSPS) is 15.8.